The fraction of sp³-hybridized carbons (Fsp3) is 0. The zero-order valence-corrected chi connectivity index (χ0v) is 20.5. The SMILES string of the molecule is O=S(=O)(O)c1cccc(N=Nc2c(S(=O)(=O)O)cc3cc(Nc4nc(Cl)nc(Cl)n4)ccc3c2O)c1. The van der Waals surface area contributed by atoms with Crippen molar-refractivity contribution in [2.75, 3.05) is 5.32 Å². The average Bonchev–Trinajstić information content (AvgIpc) is 2.76. The summed E-state index contributed by atoms with van der Waals surface area (Å²) in [6.45, 7) is 0. The molecule has 0 spiro atoms. The van der Waals surface area contributed by atoms with Gasteiger partial charge in [0.2, 0.25) is 16.5 Å². The van der Waals surface area contributed by atoms with Gasteiger partial charge in [0.1, 0.15) is 10.6 Å². The van der Waals surface area contributed by atoms with Crippen molar-refractivity contribution in [1.82, 2.24) is 15.0 Å². The number of aromatic nitrogens is 3. The van der Waals surface area contributed by atoms with Crippen molar-refractivity contribution in [1.29, 1.82) is 0 Å². The van der Waals surface area contributed by atoms with Crippen LogP contribution in [0.4, 0.5) is 23.0 Å². The van der Waals surface area contributed by atoms with Gasteiger partial charge in [-0.25, -0.2) is 0 Å². The molecule has 0 amide bonds. The molecule has 4 aromatic rings. The minimum Gasteiger partial charge on any atom is -0.505 e. The maximum atomic E-state index is 12.1. The molecule has 0 fully saturated rings. The second kappa shape index (κ2) is 9.53. The van der Waals surface area contributed by atoms with Gasteiger partial charge in [-0.15, -0.1) is 5.11 Å². The first-order valence-corrected chi connectivity index (χ1v) is 13.1. The third-order valence-electron chi connectivity index (χ3n) is 4.55. The summed E-state index contributed by atoms with van der Waals surface area (Å²) in [5, 5.41) is 21.0. The summed E-state index contributed by atoms with van der Waals surface area (Å²) >= 11 is 11.5. The number of phenols is 1. The van der Waals surface area contributed by atoms with Gasteiger partial charge in [0.25, 0.3) is 20.2 Å². The van der Waals surface area contributed by atoms with Crippen molar-refractivity contribution in [2.24, 2.45) is 10.2 Å². The van der Waals surface area contributed by atoms with Crippen molar-refractivity contribution in [2.45, 2.75) is 9.79 Å². The molecule has 0 atom stereocenters. The average molecular weight is 571 g/mol. The number of rotatable bonds is 6. The van der Waals surface area contributed by atoms with Crippen molar-refractivity contribution >= 4 is 77.2 Å². The van der Waals surface area contributed by atoms with Gasteiger partial charge in [-0.3, -0.25) is 9.11 Å². The molecule has 0 saturated heterocycles. The molecule has 0 saturated carbocycles. The Hall–Kier alpha value is -3.47. The lowest BCUT2D eigenvalue weighted by Crippen LogP contribution is -2.01. The number of phenolic OH excluding ortho intramolecular Hbond substituents is 1. The van der Waals surface area contributed by atoms with Crippen molar-refractivity contribution in [3.63, 3.8) is 0 Å². The maximum Gasteiger partial charge on any atom is 0.296 e. The zero-order chi connectivity index (χ0) is 26.3. The molecule has 186 valence electrons. The quantitative estimate of drug-likeness (QED) is 0.185. The summed E-state index contributed by atoms with van der Waals surface area (Å²) in [5.41, 5.74) is -0.336. The Balaban J connectivity index is 1.80. The lowest BCUT2D eigenvalue weighted by Gasteiger charge is -2.11. The number of azo groups is 1. The van der Waals surface area contributed by atoms with Crippen LogP contribution in [-0.2, 0) is 20.2 Å². The summed E-state index contributed by atoms with van der Waals surface area (Å²) < 4.78 is 65.7. The zero-order valence-electron chi connectivity index (χ0n) is 17.4. The van der Waals surface area contributed by atoms with Crippen LogP contribution in [0.2, 0.25) is 10.6 Å². The van der Waals surface area contributed by atoms with Crippen LogP contribution in [0.25, 0.3) is 10.8 Å². The van der Waals surface area contributed by atoms with Gasteiger partial charge < -0.3 is 10.4 Å². The molecule has 0 unspecified atom stereocenters. The predicted octanol–water partition coefficient (Wildman–Crippen LogP) is 4.69. The summed E-state index contributed by atoms with van der Waals surface area (Å²) in [6.07, 6.45) is 0. The number of nitrogens with one attached hydrogen (secondary N) is 1. The minimum absolute atomic E-state index is 0.00359. The monoisotopic (exact) mass is 570 g/mol. The lowest BCUT2D eigenvalue weighted by atomic mass is 10.1. The van der Waals surface area contributed by atoms with E-state index >= 15 is 0 Å². The van der Waals surface area contributed by atoms with Gasteiger partial charge in [-0.05, 0) is 71.1 Å². The predicted molar refractivity (Wildman–Crippen MR) is 129 cm³/mol. The minimum atomic E-state index is -4.90. The van der Waals surface area contributed by atoms with Gasteiger partial charge in [-0.1, -0.05) is 6.07 Å². The summed E-state index contributed by atoms with van der Waals surface area (Å²) in [4.78, 5) is 10.1. The van der Waals surface area contributed by atoms with Crippen LogP contribution in [0.1, 0.15) is 0 Å². The first kappa shape index (κ1) is 25.6. The van der Waals surface area contributed by atoms with E-state index in [2.05, 4.69) is 30.5 Å². The Morgan fingerprint density at radius 2 is 1.53 bits per heavy atom. The van der Waals surface area contributed by atoms with Crippen molar-refractivity contribution < 1.29 is 31.0 Å². The third kappa shape index (κ3) is 5.67. The van der Waals surface area contributed by atoms with Gasteiger partial charge in [0.05, 0.1) is 10.6 Å². The molecular weight excluding hydrogens is 559 g/mol. The van der Waals surface area contributed by atoms with Gasteiger partial charge in [0, 0.05) is 11.1 Å². The Kier molecular flexibility index (Phi) is 6.78. The number of anilines is 2. The maximum absolute atomic E-state index is 12.1. The summed E-state index contributed by atoms with van der Waals surface area (Å²) in [5.74, 6) is -0.635. The van der Waals surface area contributed by atoms with Crippen LogP contribution in [-0.4, -0.2) is 46.0 Å². The number of aromatic hydroxyl groups is 1. The van der Waals surface area contributed by atoms with Gasteiger partial charge >= 0.3 is 0 Å². The van der Waals surface area contributed by atoms with Gasteiger partial charge in [-0.2, -0.15) is 36.9 Å². The van der Waals surface area contributed by atoms with Crippen LogP contribution < -0.4 is 5.32 Å². The van der Waals surface area contributed by atoms with Crippen LogP contribution in [0.5, 0.6) is 5.75 Å². The van der Waals surface area contributed by atoms with E-state index in [1.165, 1.54) is 30.3 Å². The molecule has 4 rings (SSSR count). The van der Waals surface area contributed by atoms with E-state index in [-0.39, 0.29) is 33.0 Å². The molecule has 0 radical (unpaired) electrons. The van der Waals surface area contributed by atoms with E-state index in [9.17, 15) is 31.0 Å². The molecular formula is C19H12Cl2N6O7S2. The van der Waals surface area contributed by atoms with E-state index in [0.29, 0.717) is 5.69 Å². The first-order valence-electron chi connectivity index (χ1n) is 9.42. The Bertz CT molecular complexity index is 1750. The molecule has 0 aliphatic heterocycles. The Labute approximate surface area is 213 Å². The molecule has 1 heterocycles. The van der Waals surface area contributed by atoms with E-state index < -0.39 is 41.5 Å². The number of fused-ring (bicyclic) bond motifs is 1. The normalized spacial score (nSPS) is 12.3. The van der Waals surface area contributed by atoms with E-state index in [1.54, 1.807) is 0 Å². The van der Waals surface area contributed by atoms with Crippen LogP contribution in [0.15, 0.2) is 68.6 Å². The molecule has 13 nitrogen and oxygen atoms in total. The summed E-state index contributed by atoms with van der Waals surface area (Å²) in [7, 11) is -9.43. The standard InChI is InChI=1S/C19H12Cl2N6O7S2/c20-17-23-18(21)25-19(24-17)22-10-4-5-13-9(6-10)7-14(36(32,33)34)15(16(13)28)27-26-11-2-1-3-12(8-11)35(29,30)31/h1-8,28H,(H,29,30,31)(H,32,33,34)(H,22,23,24,25). The molecule has 0 aliphatic carbocycles. The highest BCUT2D eigenvalue weighted by atomic mass is 35.5. The Morgan fingerprint density at radius 3 is 2.17 bits per heavy atom. The molecule has 17 heteroatoms. The van der Waals surface area contributed by atoms with E-state index in [0.717, 1.165) is 18.2 Å². The fourth-order valence-corrected chi connectivity index (χ4v) is 4.59. The third-order valence-corrected chi connectivity index (χ3v) is 6.60. The smallest absolute Gasteiger partial charge is 0.296 e. The first-order chi connectivity index (χ1) is 16.8. The number of benzene rings is 3. The number of hydrogen-bond acceptors (Lipinski definition) is 11. The lowest BCUT2D eigenvalue weighted by molar-refractivity contribution is 0.472. The van der Waals surface area contributed by atoms with Crippen LogP contribution in [0, 0.1) is 0 Å². The van der Waals surface area contributed by atoms with Crippen LogP contribution >= 0.6 is 23.2 Å². The molecule has 1 aromatic heterocycles. The van der Waals surface area contributed by atoms with Crippen molar-refractivity contribution in [3.05, 3.63) is 59.1 Å². The van der Waals surface area contributed by atoms with Gasteiger partial charge in [0.15, 0.2) is 5.75 Å². The molecule has 36 heavy (non-hydrogen) atoms. The second-order valence-electron chi connectivity index (χ2n) is 6.98. The van der Waals surface area contributed by atoms with E-state index in [4.69, 9.17) is 23.2 Å². The topological polar surface area (TPSA) is 204 Å². The highest BCUT2D eigenvalue weighted by Gasteiger charge is 2.22. The Morgan fingerprint density at radius 1 is 0.833 bits per heavy atom. The number of hydrogen-bond donors (Lipinski definition) is 4. The largest absolute Gasteiger partial charge is 0.505 e. The number of halogens is 2. The molecule has 4 N–H and O–H groups in total. The van der Waals surface area contributed by atoms with E-state index in [1.807, 2.05) is 0 Å². The number of nitrogens with zero attached hydrogens (tertiary/aromatic N) is 5. The molecule has 0 aliphatic rings. The van der Waals surface area contributed by atoms with Crippen molar-refractivity contribution in [3.8, 4) is 5.75 Å². The van der Waals surface area contributed by atoms with Crippen LogP contribution in [0.3, 0.4) is 0 Å². The second-order valence-corrected chi connectivity index (χ2v) is 10.5. The molecule has 3 aromatic carbocycles. The highest BCUT2D eigenvalue weighted by Crippen LogP contribution is 2.42. The molecule has 0 bridgehead atoms. The highest BCUT2D eigenvalue weighted by molar-refractivity contribution is 7.86. The summed E-state index contributed by atoms with van der Waals surface area (Å²) in [6, 6.07) is 10.1. The fourth-order valence-electron chi connectivity index (χ4n) is 3.05.